The standard InChI is InChI=1S/C13H23N3O2S2/c1-3-16-6-4-5-12(9-16)15-20(17,18)13-7-11(8-14-2)10-19-13/h7,10,12,14-15H,3-6,8-9H2,1-2H3. The normalized spacial score (nSPS) is 21.2. The van der Waals surface area contributed by atoms with Gasteiger partial charge in [0.25, 0.3) is 0 Å². The highest BCUT2D eigenvalue weighted by molar-refractivity contribution is 7.91. The van der Waals surface area contributed by atoms with Crippen LogP contribution in [0.5, 0.6) is 0 Å². The van der Waals surface area contributed by atoms with Gasteiger partial charge >= 0.3 is 0 Å². The Bertz CT molecular complexity index is 527. The predicted octanol–water partition coefficient (Wildman–Crippen LogP) is 1.23. The number of hydrogen-bond acceptors (Lipinski definition) is 5. The molecule has 0 spiro atoms. The summed E-state index contributed by atoms with van der Waals surface area (Å²) in [5, 5.41) is 4.92. The molecule has 0 radical (unpaired) electrons. The van der Waals surface area contributed by atoms with Crippen molar-refractivity contribution in [3.63, 3.8) is 0 Å². The second-order valence-corrected chi connectivity index (χ2v) is 8.01. The highest BCUT2D eigenvalue weighted by Gasteiger charge is 2.25. The first-order chi connectivity index (χ1) is 9.55. The lowest BCUT2D eigenvalue weighted by Crippen LogP contribution is -2.47. The quantitative estimate of drug-likeness (QED) is 0.828. The number of likely N-dealkylation sites (N-methyl/N-ethyl adjacent to an activating group) is 1. The van der Waals surface area contributed by atoms with Crippen LogP contribution in [-0.2, 0) is 16.6 Å². The molecule has 1 aliphatic rings. The van der Waals surface area contributed by atoms with E-state index in [4.69, 9.17) is 0 Å². The van der Waals surface area contributed by atoms with Gasteiger partial charge in [0.05, 0.1) is 0 Å². The molecule has 2 rings (SSSR count). The maximum Gasteiger partial charge on any atom is 0.250 e. The third kappa shape index (κ3) is 4.02. The van der Waals surface area contributed by atoms with Gasteiger partial charge in [0.1, 0.15) is 4.21 Å². The largest absolute Gasteiger partial charge is 0.316 e. The van der Waals surface area contributed by atoms with E-state index in [2.05, 4.69) is 21.9 Å². The predicted molar refractivity (Wildman–Crippen MR) is 82.5 cm³/mol. The molecule has 0 aromatic carbocycles. The molecular weight excluding hydrogens is 294 g/mol. The zero-order chi connectivity index (χ0) is 14.6. The topological polar surface area (TPSA) is 61.4 Å². The first-order valence-electron chi connectivity index (χ1n) is 7.02. The number of nitrogens with zero attached hydrogens (tertiary/aromatic N) is 1. The van der Waals surface area contributed by atoms with E-state index in [1.165, 1.54) is 11.3 Å². The molecule has 2 N–H and O–H groups in total. The minimum Gasteiger partial charge on any atom is -0.316 e. The number of hydrogen-bond donors (Lipinski definition) is 2. The van der Waals surface area contributed by atoms with E-state index in [1.807, 2.05) is 12.4 Å². The Morgan fingerprint density at radius 2 is 2.30 bits per heavy atom. The minimum atomic E-state index is -3.37. The molecule has 1 atom stereocenters. The van der Waals surface area contributed by atoms with Gasteiger partial charge in [-0.2, -0.15) is 0 Å². The summed E-state index contributed by atoms with van der Waals surface area (Å²) in [6.07, 6.45) is 1.97. The first kappa shape index (κ1) is 15.9. The second-order valence-electron chi connectivity index (χ2n) is 5.16. The van der Waals surface area contributed by atoms with E-state index in [0.717, 1.165) is 38.0 Å². The lowest BCUT2D eigenvalue weighted by molar-refractivity contribution is 0.211. The van der Waals surface area contributed by atoms with Crippen molar-refractivity contribution >= 4 is 21.4 Å². The van der Waals surface area contributed by atoms with Gasteiger partial charge in [-0.05, 0) is 50.0 Å². The molecule has 1 aromatic heterocycles. The number of rotatable bonds is 6. The molecule has 1 saturated heterocycles. The van der Waals surface area contributed by atoms with E-state index in [-0.39, 0.29) is 6.04 Å². The molecule has 1 aliphatic heterocycles. The SMILES string of the molecule is CCN1CCCC(NS(=O)(=O)c2cc(CNC)cs2)C1. The van der Waals surface area contributed by atoms with Crippen molar-refractivity contribution in [2.75, 3.05) is 26.7 Å². The Labute approximate surface area is 125 Å². The third-order valence-electron chi connectivity index (χ3n) is 3.55. The number of nitrogens with one attached hydrogen (secondary N) is 2. The average molecular weight is 317 g/mol. The smallest absolute Gasteiger partial charge is 0.250 e. The fraction of sp³-hybridized carbons (Fsp3) is 0.692. The van der Waals surface area contributed by atoms with Gasteiger partial charge in [0.15, 0.2) is 0 Å². The highest BCUT2D eigenvalue weighted by atomic mass is 32.2. The van der Waals surface area contributed by atoms with Crippen LogP contribution in [0.25, 0.3) is 0 Å². The Balaban J connectivity index is 2.02. The molecule has 20 heavy (non-hydrogen) atoms. The fourth-order valence-corrected chi connectivity index (χ4v) is 4.99. The Morgan fingerprint density at radius 3 is 3.00 bits per heavy atom. The van der Waals surface area contributed by atoms with Crippen LogP contribution in [0, 0.1) is 0 Å². The fourth-order valence-electron chi connectivity index (χ4n) is 2.51. The summed E-state index contributed by atoms with van der Waals surface area (Å²) < 4.78 is 28.0. The van der Waals surface area contributed by atoms with Crippen LogP contribution in [0.4, 0.5) is 0 Å². The van der Waals surface area contributed by atoms with Gasteiger partial charge < -0.3 is 10.2 Å². The van der Waals surface area contributed by atoms with Gasteiger partial charge in [0, 0.05) is 19.1 Å². The summed E-state index contributed by atoms with van der Waals surface area (Å²) in [6.45, 7) is 5.66. The minimum absolute atomic E-state index is 0.0311. The summed E-state index contributed by atoms with van der Waals surface area (Å²) >= 11 is 1.29. The average Bonchev–Trinajstić information content (AvgIpc) is 2.88. The Morgan fingerprint density at radius 1 is 1.50 bits per heavy atom. The number of likely N-dealkylation sites (tertiary alicyclic amines) is 1. The van der Waals surface area contributed by atoms with Crippen molar-refractivity contribution < 1.29 is 8.42 Å². The molecule has 114 valence electrons. The van der Waals surface area contributed by atoms with E-state index < -0.39 is 10.0 Å². The molecule has 0 aliphatic carbocycles. The zero-order valence-corrected chi connectivity index (χ0v) is 13.7. The number of piperidine rings is 1. The highest BCUT2D eigenvalue weighted by Crippen LogP contribution is 2.21. The van der Waals surface area contributed by atoms with E-state index in [1.54, 1.807) is 6.07 Å². The van der Waals surface area contributed by atoms with Crippen molar-refractivity contribution in [2.45, 2.75) is 36.6 Å². The van der Waals surface area contributed by atoms with Crippen LogP contribution < -0.4 is 10.0 Å². The molecule has 1 fully saturated rings. The van der Waals surface area contributed by atoms with Gasteiger partial charge in [-0.25, -0.2) is 13.1 Å². The van der Waals surface area contributed by atoms with Crippen LogP contribution in [0.1, 0.15) is 25.3 Å². The molecular formula is C13H23N3O2S2. The summed E-state index contributed by atoms with van der Waals surface area (Å²) in [4.78, 5) is 2.29. The molecule has 0 saturated carbocycles. The maximum atomic E-state index is 12.4. The van der Waals surface area contributed by atoms with Gasteiger partial charge in [-0.15, -0.1) is 11.3 Å². The molecule has 5 nitrogen and oxygen atoms in total. The van der Waals surface area contributed by atoms with Crippen molar-refractivity contribution in [1.82, 2.24) is 14.9 Å². The van der Waals surface area contributed by atoms with Crippen molar-refractivity contribution in [2.24, 2.45) is 0 Å². The van der Waals surface area contributed by atoms with Crippen LogP contribution in [0.3, 0.4) is 0 Å². The van der Waals surface area contributed by atoms with Crippen LogP contribution in [-0.4, -0.2) is 46.0 Å². The monoisotopic (exact) mass is 317 g/mol. The Kier molecular flexibility index (Phi) is 5.57. The summed E-state index contributed by atoms with van der Waals surface area (Å²) in [7, 11) is -1.52. The summed E-state index contributed by atoms with van der Waals surface area (Å²) in [5.41, 5.74) is 1.01. The van der Waals surface area contributed by atoms with E-state index >= 15 is 0 Å². The lowest BCUT2D eigenvalue weighted by atomic mass is 10.1. The van der Waals surface area contributed by atoms with Crippen molar-refractivity contribution in [1.29, 1.82) is 0 Å². The van der Waals surface area contributed by atoms with E-state index in [0.29, 0.717) is 10.8 Å². The van der Waals surface area contributed by atoms with Crippen molar-refractivity contribution in [3.8, 4) is 0 Å². The van der Waals surface area contributed by atoms with Gasteiger partial charge in [-0.3, -0.25) is 0 Å². The Hall–Kier alpha value is -0.470. The lowest BCUT2D eigenvalue weighted by Gasteiger charge is -2.31. The number of sulfonamides is 1. The van der Waals surface area contributed by atoms with Crippen LogP contribution in [0.2, 0.25) is 0 Å². The second kappa shape index (κ2) is 7.00. The third-order valence-corrected chi connectivity index (χ3v) is 6.56. The van der Waals surface area contributed by atoms with Crippen LogP contribution >= 0.6 is 11.3 Å². The summed E-state index contributed by atoms with van der Waals surface area (Å²) in [5.74, 6) is 0. The summed E-state index contributed by atoms with van der Waals surface area (Å²) in [6, 6.07) is 1.78. The molecule has 0 bridgehead atoms. The van der Waals surface area contributed by atoms with Crippen molar-refractivity contribution in [3.05, 3.63) is 17.0 Å². The number of thiophene rings is 1. The first-order valence-corrected chi connectivity index (χ1v) is 9.38. The molecule has 7 heteroatoms. The van der Waals surface area contributed by atoms with Crippen LogP contribution in [0.15, 0.2) is 15.7 Å². The van der Waals surface area contributed by atoms with E-state index in [9.17, 15) is 8.42 Å². The molecule has 1 aromatic rings. The van der Waals surface area contributed by atoms with Gasteiger partial charge in [-0.1, -0.05) is 6.92 Å². The molecule has 2 heterocycles. The molecule has 0 amide bonds. The van der Waals surface area contributed by atoms with Gasteiger partial charge in [0.2, 0.25) is 10.0 Å². The zero-order valence-electron chi connectivity index (χ0n) is 12.1. The molecule has 1 unspecified atom stereocenters. The maximum absolute atomic E-state index is 12.4.